The molecule has 5 nitrogen and oxygen atoms in total. The number of allylic oxidation sites excluding steroid dienone is 2. The molecule has 0 aromatic heterocycles. The minimum Gasteiger partial charge on any atom is -0.466 e. The number of halogens is 2. The molecule has 3 rings (SSSR count). The molecule has 0 aliphatic carbocycles. The Hall–Kier alpha value is -2.76. The van der Waals surface area contributed by atoms with Crippen molar-refractivity contribution in [2.75, 3.05) is 13.7 Å². The molecule has 174 valence electrons. The highest BCUT2D eigenvalue weighted by molar-refractivity contribution is 6.30. The summed E-state index contributed by atoms with van der Waals surface area (Å²) in [5.41, 5.74) is 3.70. The first-order valence-electron chi connectivity index (χ1n) is 10.8. The lowest BCUT2D eigenvalue weighted by Crippen LogP contribution is -2.33. The number of dihydropyridines is 1. The molecule has 0 saturated heterocycles. The number of esters is 2. The summed E-state index contributed by atoms with van der Waals surface area (Å²) in [5, 5.41) is 3.52. The van der Waals surface area contributed by atoms with Crippen LogP contribution in [0.5, 0.6) is 0 Å². The van der Waals surface area contributed by atoms with Crippen molar-refractivity contribution in [3.05, 3.63) is 93.3 Å². The number of benzene rings is 2. The molecule has 1 heterocycles. The van der Waals surface area contributed by atoms with Crippen molar-refractivity contribution in [3.8, 4) is 0 Å². The molecule has 2 aromatic rings. The van der Waals surface area contributed by atoms with Crippen LogP contribution in [0.25, 0.3) is 0 Å². The van der Waals surface area contributed by atoms with Gasteiger partial charge in [-0.05, 0) is 49.9 Å². The average Bonchev–Trinajstić information content (AvgIpc) is 2.82. The standard InChI is InChI=1S/C26H27Cl2NO4/c1-4-33-26(31)24-21(14-13-20(28)17-9-6-5-7-10-17)29-16(2)22(25(30)32-3)23(24)18-11-8-12-19(27)15-18/h5-12,15,20,23,29H,4,13-14H2,1-3H3. The van der Waals surface area contributed by atoms with Crippen molar-refractivity contribution < 1.29 is 19.1 Å². The zero-order valence-electron chi connectivity index (χ0n) is 18.9. The van der Waals surface area contributed by atoms with Crippen LogP contribution in [0.1, 0.15) is 49.1 Å². The third-order valence-corrected chi connectivity index (χ3v) is 6.24. The van der Waals surface area contributed by atoms with Crippen LogP contribution in [-0.4, -0.2) is 25.7 Å². The fourth-order valence-corrected chi connectivity index (χ4v) is 4.50. The van der Waals surface area contributed by atoms with E-state index in [1.165, 1.54) is 7.11 Å². The minimum atomic E-state index is -0.683. The Bertz CT molecular complexity index is 1080. The lowest BCUT2D eigenvalue weighted by atomic mass is 9.79. The van der Waals surface area contributed by atoms with E-state index in [9.17, 15) is 9.59 Å². The van der Waals surface area contributed by atoms with Gasteiger partial charge >= 0.3 is 11.9 Å². The van der Waals surface area contributed by atoms with Gasteiger partial charge in [-0.3, -0.25) is 0 Å². The second kappa shape index (κ2) is 11.4. The number of hydrogen-bond donors (Lipinski definition) is 1. The van der Waals surface area contributed by atoms with Crippen LogP contribution in [0.15, 0.2) is 77.1 Å². The van der Waals surface area contributed by atoms with Gasteiger partial charge < -0.3 is 14.8 Å². The van der Waals surface area contributed by atoms with Crippen LogP contribution in [-0.2, 0) is 19.1 Å². The Morgan fingerprint density at radius 1 is 1.06 bits per heavy atom. The van der Waals surface area contributed by atoms with Gasteiger partial charge in [-0.1, -0.05) is 54.1 Å². The van der Waals surface area contributed by atoms with Crippen LogP contribution in [0.4, 0.5) is 0 Å². The molecule has 2 unspecified atom stereocenters. The normalized spacial score (nSPS) is 16.8. The number of carbonyl (C=O) groups is 2. The molecular formula is C26H27Cl2NO4. The van der Waals surface area contributed by atoms with Crippen LogP contribution < -0.4 is 5.32 Å². The fraction of sp³-hybridized carbons (Fsp3) is 0.308. The van der Waals surface area contributed by atoms with Gasteiger partial charge in [-0.2, -0.15) is 0 Å². The molecule has 0 radical (unpaired) electrons. The first-order valence-corrected chi connectivity index (χ1v) is 11.6. The van der Waals surface area contributed by atoms with Gasteiger partial charge in [0.1, 0.15) is 0 Å². The summed E-state index contributed by atoms with van der Waals surface area (Å²) in [6.07, 6.45) is 1.07. The fourth-order valence-electron chi connectivity index (χ4n) is 4.04. The van der Waals surface area contributed by atoms with E-state index < -0.39 is 17.9 Å². The first kappa shape index (κ1) is 24.9. The van der Waals surface area contributed by atoms with Crippen LogP contribution >= 0.6 is 23.2 Å². The number of ether oxygens (including phenoxy) is 2. The molecule has 33 heavy (non-hydrogen) atoms. The Balaban J connectivity index is 2.07. The van der Waals surface area contributed by atoms with E-state index in [1.807, 2.05) is 36.4 Å². The molecule has 0 saturated carbocycles. The van der Waals surface area contributed by atoms with Gasteiger partial charge in [-0.25, -0.2) is 9.59 Å². The Kier molecular flexibility index (Phi) is 8.59. The van der Waals surface area contributed by atoms with E-state index in [0.29, 0.717) is 46.0 Å². The summed E-state index contributed by atoms with van der Waals surface area (Å²) in [4.78, 5) is 26.0. The monoisotopic (exact) mass is 487 g/mol. The van der Waals surface area contributed by atoms with E-state index in [0.717, 1.165) is 5.56 Å². The van der Waals surface area contributed by atoms with Crippen molar-refractivity contribution >= 4 is 35.1 Å². The van der Waals surface area contributed by atoms with Crippen LogP contribution in [0, 0.1) is 0 Å². The van der Waals surface area contributed by atoms with Gasteiger partial charge in [0.25, 0.3) is 0 Å². The highest BCUT2D eigenvalue weighted by atomic mass is 35.5. The molecule has 0 fully saturated rings. The SMILES string of the molecule is CCOC(=O)C1=C(CCC(Cl)c2ccccc2)NC(C)=C(C(=O)OC)C1c1cccc(Cl)c1. The van der Waals surface area contributed by atoms with E-state index in [1.54, 1.807) is 32.0 Å². The van der Waals surface area contributed by atoms with Gasteiger partial charge in [0, 0.05) is 16.4 Å². The maximum Gasteiger partial charge on any atom is 0.336 e. The molecule has 0 spiro atoms. The summed E-state index contributed by atoms with van der Waals surface area (Å²) < 4.78 is 10.5. The van der Waals surface area contributed by atoms with E-state index in [2.05, 4.69) is 5.32 Å². The molecule has 0 bridgehead atoms. The van der Waals surface area contributed by atoms with Crippen molar-refractivity contribution in [3.63, 3.8) is 0 Å². The molecule has 2 atom stereocenters. The maximum absolute atomic E-state index is 13.2. The number of carbonyl (C=O) groups excluding carboxylic acids is 2. The van der Waals surface area contributed by atoms with Gasteiger partial charge in [-0.15, -0.1) is 11.6 Å². The van der Waals surface area contributed by atoms with E-state index in [4.69, 9.17) is 32.7 Å². The van der Waals surface area contributed by atoms with Crippen molar-refractivity contribution in [1.29, 1.82) is 0 Å². The minimum absolute atomic E-state index is 0.205. The van der Waals surface area contributed by atoms with E-state index in [-0.39, 0.29) is 12.0 Å². The van der Waals surface area contributed by atoms with Gasteiger partial charge in [0.05, 0.1) is 36.2 Å². The number of alkyl halides is 1. The number of hydrogen-bond acceptors (Lipinski definition) is 5. The predicted molar refractivity (Wildman–Crippen MR) is 130 cm³/mol. The number of methoxy groups -OCH3 is 1. The Labute approximate surface area is 204 Å². The highest BCUT2D eigenvalue weighted by Crippen LogP contribution is 2.41. The predicted octanol–water partition coefficient (Wildman–Crippen LogP) is 6.05. The quantitative estimate of drug-likeness (QED) is 0.362. The second-order valence-electron chi connectivity index (χ2n) is 7.67. The Morgan fingerprint density at radius 2 is 1.79 bits per heavy atom. The van der Waals surface area contributed by atoms with Crippen LogP contribution in [0.3, 0.4) is 0 Å². The zero-order valence-corrected chi connectivity index (χ0v) is 20.4. The average molecular weight is 488 g/mol. The molecule has 1 N–H and O–H groups in total. The molecule has 1 aliphatic heterocycles. The summed E-state index contributed by atoms with van der Waals surface area (Å²) in [5.74, 6) is -1.70. The summed E-state index contributed by atoms with van der Waals surface area (Å²) in [7, 11) is 1.32. The summed E-state index contributed by atoms with van der Waals surface area (Å²) in [6, 6.07) is 16.9. The molecule has 2 aromatic carbocycles. The smallest absolute Gasteiger partial charge is 0.336 e. The summed E-state index contributed by atoms with van der Waals surface area (Å²) >= 11 is 12.9. The Morgan fingerprint density at radius 3 is 2.42 bits per heavy atom. The summed E-state index contributed by atoms with van der Waals surface area (Å²) in [6.45, 7) is 3.74. The van der Waals surface area contributed by atoms with Crippen molar-refractivity contribution in [2.45, 2.75) is 38.0 Å². The number of rotatable bonds is 8. The molecule has 0 amide bonds. The lowest BCUT2D eigenvalue weighted by molar-refractivity contribution is -0.139. The molecule has 1 aliphatic rings. The molecular weight excluding hydrogens is 461 g/mol. The first-order chi connectivity index (χ1) is 15.9. The van der Waals surface area contributed by atoms with E-state index >= 15 is 0 Å². The second-order valence-corrected chi connectivity index (χ2v) is 8.64. The van der Waals surface area contributed by atoms with Crippen molar-refractivity contribution in [1.82, 2.24) is 5.32 Å². The number of nitrogens with one attached hydrogen (secondary N) is 1. The zero-order chi connectivity index (χ0) is 24.0. The third-order valence-electron chi connectivity index (χ3n) is 5.54. The highest BCUT2D eigenvalue weighted by Gasteiger charge is 2.38. The van der Waals surface area contributed by atoms with Gasteiger partial charge in [0.15, 0.2) is 0 Å². The topological polar surface area (TPSA) is 64.6 Å². The van der Waals surface area contributed by atoms with Crippen molar-refractivity contribution in [2.24, 2.45) is 0 Å². The van der Waals surface area contributed by atoms with Crippen LogP contribution in [0.2, 0.25) is 5.02 Å². The molecule has 7 heteroatoms. The largest absolute Gasteiger partial charge is 0.466 e. The lowest BCUT2D eigenvalue weighted by Gasteiger charge is -2.31. The maximum atomic E-state index is 13.2. The third kappa shape index (κ3) is 5.79. The van der Waals surface area contributed by atoms with Gasteiger partial charge in [0.2, 0.25) is 0 Å².